The van der Waals surface area contributed by atoms with Crippen LogP contribution in [0.15, 0.2) is 24.3 Å². The monoisotopic (exact) mass is 276 g/mol. The molecule has 1 aromatic carbocycles. The summed E-state index contributed by atoms with van der Waals surface area (Å²) in [7, 11) is 0. The first-order chi connectivity index (χ1) is 9.86. The van der Waals surface area contributed by atoms with Crippen LogP contribution >= 0.6 is 0 Å². The first kappa shape index (κ1) is 13.7. The second-order valence-electron chi connectivity index (χ2n) is 5.60. The Morgan fingerprint density at radius 1 is 1.20 bits per heavy atom. The van der Waals surface area contributed by atoms with Gasteiger partial charge in [0, 0.05) is 25.7 Å². The first-order valence-electron chi connectivity index (χ1n) is 7.67. The van der Waals surface area contributed by atoms with Crippen molar-refractivity contribution in [1.29, 1.82) is 0 Å². The van der Waals surface area contributed by atoms with Gasteiger partial charge >= 0.3 is 0 Å². The average molecular weight is 276 g/mol. The van der Waals surface area contributed by atoms with Gasteiger partial charge in [0.05, 0.1) is 6.61 Å². The van der Waals surface area contributed by atoms with Crippen molar-refractivity contribution in [2.24, 2.45) is 5.92 Å². The molecule has 0 saturated carbocycles. The number of hydrogen-bond acceptors (Lipinski definition) is 4. The number of benzene rings is 1. The van der Waals surface area contributed by atoms with Crippen LogP contribution in [0.4, 0.5) is 0 Å². The van der Waals surface area contributed by atoms with Crippen LogP contribution in [0.5, 0.6) is 11.5 Å². The summed E-state index contributed by atoms with van der Waals surface area (Å²) >= 11 is 0. The molecule has 0 aromatic heterocycles. The summed E-state index contributed by atoms with van der Waals surface area (Å²) < 4.78 is 11.5. The number of likely N-dealkylation sites (tertiary alicyclic amines) is 1. The smallest absolute Gasteiger partial charge is 0.161 e. The van der Waals surface area contributed by atoms with Gasteiger partial charge in [-0.3, -0.25) is 4.90 Å². The van der Waals surface area contributed by atoms with Gasteiger partial charge in [-0.1, -0.05) is 12.1 Å². The van der Waals surface area contributed by atoms with Gasteiger partial charge < -0.3 is 14.8 Å². The maximum Gasteiger partial charge on any atom is 0.161 e. The van der Waals surface area contributed by atoms with E-state index in [4.69, 9.17) is 9.47 Å². The van der Waals surface area contributed by atoms with Gasteiger partial charge in [0.25, 0.3) is 0 Å². The zero-order chi connectivity index (χ0) is 13.8. The van der Waals surface area contributed by atoms with Gasteiger partial charge in [0.15, 0.2) is 11.5 Å². The highest BCUT2D eigenvalue weighted by atomic mass is 16.5. The van der Waals surface area contributed by atoms with Crippen molar-refractivity contribution in [3.05, 3.63) is 24.3 Å². The Morgan fingerprint density at radius 3 is 2.75 bits per heavy atom. The van der Waals surface area contributed by atoms with Crippen molar-refractivity contribution in [2.75, 3.05) is 39.4 Å². The van der Waals surface area contributed by atoms with Gasteiger partial charge in [0.1, 0.15) is 6.61 Å². The Balaban J connectivity index is 1.46. The molecule has 2 saturated heterocycles. The van der Waals surface area contributed by atoms with Gasteiger partial charge in [-0.2, -0.15) is 0 Å². The summed E-state index contributed by atoms with van der Waals surface area (Å²) in [5.74, 6) is 2.55. The van der Waals surface area contributed by atoms with E-state index in [1.807, 2.05) is 31.2 Å². The summed E-state index contributed by atoms with van der Waals surface area (Å²) in [6, 6.07) is 8.62. The molecule has 4 nitrogen and oxygen atoms in total. The highest BCUT2D eigenvalue weighted by Crippen LogP contribution is 2.27. The summed E-state index contributed by atoms with van der Waals surface area (Å²) in [6.45, 7) is 7.96. The Hall–Kier alpha value is -1.26. The van der Waals surface area contributed by atoms with Crippen LogP contribution in [0.2, 0.25) is 0 Å². The Morgan fingerprint density at radius 2 is 2.00 bits per heavy atom. The van der Waals surface area contributed by atoms with E-state index in [9.17, 15) is 0 Å². The molecule has 1 aromatic rings. The summed E-state index contributed by atoms with van der Waals surface area (Å²) in [5, 5.41) is 3.58. The number of ether oxygens (including phenoxy) is 2. The number of nitrogens with zero attached hydrogens (tertiary/aromatic N) is 1. The molecule has 0 aliphatic carbocycles. The highest BCUT2D eigenvalue weighted by molar-refractivity contribution is 5.39. The van der Waals surface area contributed by atoms with Gasteiger partial charge in [-0.05, 0) is 37.9 Å². The molecule has 3 rings (SSSR count). The van der Waals surface area contributed by atoms with Crippen molar-refractivity contribution in [2.45, 2.75) is 19.4 Å². The minimum atomic E-state index is 0.668. The van der Waals surface area contributed by atoms with Crippen molar-refractivity contribution in [3.8, 4) is 11.5 Å². The summed E-state index contributed by atoms with van der Waals surface area (Å²) in [6.07, 6.45) is 1.33. The Kier molecular flexibility index (Phi) is 4.43. The van der Waals surface area contributed by atoms with Crippen LogP contribution in [0, 0.1) is 5.92 Å². The summed E-state index contributed by atoms with van der Waals surface area (Å²) in [5.41, 5.74) is 0. The number of rotatable bonds is 6. The molecule has 2 atom stereocenters. The molecule has 2 aliphatic heterocycles. The Labute approximate surface area is 121 Å². The molecule has 2 heterocycles. The fraction of sp³-hybridized carbons (Fsp3) is 0.625. The molecule has 20 heavy (non-hydrogen) atoms. The zero-order valence-corrected chi connectivity index (χ0v) is 12.2. The number of para-hydroxylation sites is 2. The molecule has 2 fully saturated rings. The van der Waals surface area contributed by atoms with E-state index in [1.54, 1.807) is 0 Å². The van der Waals surface area contributed by atoms with Crippen LogP contribution in [0.3, 0.4) is 0 Å². The zero-order valence-electron chi connectivity index (χ0n) is 12.2. The highest BCUT2D eigenvalue weighted by Gasteiger charge is 2.35. The largest absolute Gasteiger partial charge is 0.490 e. The predicted molar refractivity (Wildman–Crippen MR) is 79.4 cm³/mol. The molecule has 2 aliphatic rings. The van der Waals surface area contributed by atoms with Gasteiger partial charge in [-0.15, -0.1) is 0 Å². The lowest BCUT2D eigenvalue weighted by molar-refractivity contribution is 0.219. The fourth-order valence-electron chi connectivity index (χ4n) is 3.25. The molecule has 0 spiro atoms. The van der Waals surface area contributed by atoms with Crippen LogP contribution < -0.4 is 14.8 Å². The lowest BCUT2D eigenvalue weighted by Crippen LogP contribution is -2.32. The molecule has 0 bridgehead atoms. The van der Waals surface area contributed by atoms with Crippen LogP contribution in [0.1, 0.15) is 13.3 Å². The molecule has 0 amide bonds. The molecule has 0 radical (unpaired) electrons. The van der Waals surface area contributed by atoms with E-state index in [1.165, 1.54) is 26.1 Å². The number of hydrogen-bond donors (Lipinski definition) is 1. The van der Waals surface area contributed by atoms with Crippen molar-refractivity contribution >= 4 is 0 Å². The van der Waals surface area contributed by atoms with E-state index in [0.29, 0.717) is 12.6 Å². The topological polar surface area (TPSA) is 33.7 Å². The molecular weight excluding hydrogens is 252 g/mol. The van der Waals surface area contributed by atoms with E-state index in [0.717, 1.165) is 30.6 Å². The van der Waals surface area contributed by atoms with E-state index in [-0.39, 0.29) is 0 Å². The van der Waals surface area contributed by atoms with Gasteiger partial charge in [-0.25, -0.2) is 0 Å². The van der Waals surface area contributed by atoms with Crippen molar-refractivity contribution < 1.29 is 9.47 Å². The SMILES string of the molecule is CCOc1ccccc1OCCN1C[C@@H]2CCN[C@@H]2C1. The third-order valence-electron chi connectivity index (χ3n) is 4.25. The first-order valence-corrected chi connectivity index (χ1v) is 7.67. The fourth-order valence-corrected chi connectivity index (χ4v) is 3.25. The maximum atomic E-state index is 5.89. The molecule has 0 unspecified atom stereocenters. The predicted octanol–water partition coefficient (Wildman–Crippen LogP) is 1.76. The van der Waals surface area contributed by atoms with Crippen LogP contribution in [-0.2, 0) is 0 Å². The molecular formula is C16H24N2O2. The van der Waals surface area contributed by atoms with Crippen LogP contribution in [-0.4, -0.2) is 50.3 Å². The van der Waals surface area contributed by atoms with Gasteiger partial charge in [0.2, 0.25) is 0 Å². The molecule has 1 N–H and O–H groups in total. The molecule has 4 heteroatoms. The standard InChI is InChI=1S/C16H24N2O2/c1-2-19-15-5-3-4-6-16(15)20-10-9-18-11-13-7-8-17-14(13)12-18/h3-6,13-14,17H,2,7-12H2,1H3/t13-,14+/m0/s1. The lowest BCUT2D eigenvalue weighted by Gasteiger charge is -2.18. The maximum absolute atomic E-state index is 5.89. The van der Waals surface area contributed by atoms with E-state index >= 15 is 0 Å². The second kappa shape index (κ2) is 6.46. The summed E-state index contributed by atoms with van der Waals surface area (Å²) in [4.78, 5) is 2.50. The number of fused-ring (bicyclic) bond motifs is 1. The van der Waals surface area contributed by atoms with Crippen LogP contribution in [0.25, 0.3) is 0 Å². The second-order valence-corrected chi connectivity index (χ2v) is 5.60. The quantitative estimate of drug-likeness (QED) is 0.858. The minimum absolute atomic E-state index is 0.668. The Bertz CT molecular complexity index is 426. The average Bonchev–Trinajstić information content (AvgIpc) is 3.02. The van der Waals surface area contributed by atoms with E-state index < -0.39 is 0 Å². The lowest BCUT2D eigenvalue weighted by atomic mass is 10.1. The normalized spacial score (nSPS) is 25.6. The third-order valence-corrected chi connectivity index (χ3v) is 4.25. The molecule has 110 valence electrons. The minimum Gasteiger partial charge on any atom is -0.490 e. The third kappa shape index (κ3) is 3.07. The van der Waals surface area contributed by atoms with E-state index in [2.05, 4.69) is 10.2 Å². The van der Waals surface area contributed by atoms with Crippen molar-refractivity contribution in [1.82, 2.24) is 10.2 Å². The number of nitrogens with one attached hydrogen (secondary N) is 1. The van der Waals surface area contributed by atoms with Crippen molar-refractivity contribution in [3.63, 3.8) is 0 Å².